The highest BCUT2D eigenvalue weighted by Crippen LogP contribution is 2.40. The van der Waals surface area contributed by atoms with E-state index in [2.05, 4.69) is 42.5 Å². The lowest BCUT2D eigenvalue weighted by molar-refractivity contribution is 0.324. The van der Waals surface area contributed by atoms with Crippen LogP contribution in [0.15, 0.2) is 48.8 Å². The minimum Gasteiger partial charge on any atom is -0.493 e. The smallest absolute Gasteiger partial charge is 0.203 e. The minimum atomic E-state index is 0.543. The fraction of sp³-hybridized carbons (Fsp3) is 0.217. The Balaban J connectivity index is 1.73. The van der Waals surface area contributed by atoms with Gasteiger partial charge < -0.3 is 19.5 Å². The van der Waals surface area contributed by atoms with Gasteiger partial charge in [-0.05, 0) is 36.6 Å². The van der Waals surface area contributed by atoms with Gasteiger partial charge in [0.05, 0.1) is 27.5 Å². The Bertz CT molecular complexity index is 1190. The highest BCUT2D eigenvalue weighted by Gasteiger charge is 2.14. The van der Waals surface area contributed by atoms with Crippen molar-refractivity contribution in [1.29, 1.82) is 0 Å². The van der Waals surface area contributed by atoms with Gasteiger partial charge in [0.2, 0.25) is 5.75 Å². The zero-order valence-electron chi connectivity index (χ0n) is 17.7. The number of benzene rings is 2. The summed E-state index contributed by atoms with van der Waals surface area (Å²) >= 11 is 0. The van der Waals surface area contributed by atoms with E-state index in [1.807, 2.05) is 30.6 Å². The van der Waals surface area contributed by atoms with E-state index in [9.17, 15) is 0 Å². The standard InChI is InChI=1S/C23H24N4O3/c1-14-6-7-16(10-15(14)2)18-13-24-27-9-8-21(26-23(18)27)25-17-11-19(28-3)22(30-5)20(12-17)29-4/h6-13H,1-5H3,(H,25,26). The molecule has 4 rings (SSSR count). The molecular weight excluding hydrogens is 380 g/mol. The maximum atomic E-state index is 5.43. The van der Waals surface area contributed by atoms with E-state index in [1.165, 1.54) is 11.1 Å². The summed E-state index contributed by atoms with van der Waals surface area (Å²) in [6.45, 7) is 4.21. The summed E-state index contributed by atoms with van der Waals surface area (Å²) in [7, 11) is 4.76. The fourth-order valence-corrected chi connectivity index (χ4v) is 3.35. The zero-order chi connectivity index (χ0) is 21.3. The lowest BCUT2D eigenvalue weighted by Gasteiger charge is -2.15. The monoisotopic (exact) mass is 404 g/mol. The first-order valence-electron chi connectivity index (χ1n) is 9.53. The van der Waals surface area contributed by atoms with Crippen LogP contribution in [0.3, 0.4) is 0 Å². The van der Waals surface area contributed by atoms with Crippen molar-refractivity contribution in [2.45, 2.75) is 13.8 Å². The lowest BCUT2D eigenvalue weighted by Crippen LogP contribution is -2.00. The maximum absolute atomic E-state index is 5.43. The molecule has 0 fully saturated rings. The van der Waals surface area contributed by atoms with E-state index in [1.54, 1.807) is 25.8 Å². The summed E-state index contributed by atoms with van der Waals surface area (Å²) in [6, 6.07) is 11.9. The van der Waals surface area contributed by atoms with Crippen molar-refractivity contribution in [2.75, 3.05) is 26.6 Å². The van der Waals surface area contributed by atoms with Crippen molar-refractivity contribution in [3.63, 3.8) is 0 Å². The average molecular weight is 404 g/mol. The minimum absolute atomic E-state index is 0.543. The van der Waals surface area contributed by atoms with Crippen molar-refractivity contribution in [1.82, 2.24) is 14.6 Å². The van der Waals surface area contributed by atoms with E-state index in [0.29, 0.717) is 23.1 Å². The number of aryl methyl sites for hydroxylation is 2. The molecule has 0 saturated carbocycles. The molecule has 7 nitrogen and oxygen atoms in total. The van der Waals surface area contributed by atoms with Crippen LogP contribution >= 0.6 is 0 Å². The molecule has 0 radical (unpaired) electrons. The second-order valence-corrected chi connectivity index (χ2v) is 6.98. The second-order valence-electron chi connectivity index (χ2n) is 6.98. The summed E-state index contributed by atoms with van der Waals surface area (Å²) in [5, 5.41) is 7.76. The molecule has 2 aromatic carbocycles. The van der Waals surface area contributed by atoms with Gasteiger partial charge in [-0.15, -0.1) is 0 Å². The number of hydrogen-bond acceptors (Lipinski definition) is 6. The third-order valence-corrected chi connectivity index (χ3v) is 5.12. The van der Waals surface area contributed by atoms with Crippen molar-refractivity contribution in [3.8, 4) is 28.4 Å². The largest absolute Gasteiger partial charge is 0.493 e. The van der Waals surface area contributed by atoms with Crippen molar-refractivity contribution < 1.29 is 14.2 Å². The quantitative estimate of drug-likeness (QED) is 0.499. The van der Waals surface area contributed by atoms with Crippen molar-refractivity contribution in [2.24, 2.45) is 0 Å². The van der Waals surface area contributed by atoms with Crippen molar-refractivity contribution in [3.05, 3.63) is 59.9 Å². The van der Waals surface area contributed by atoms with Gasteiger partial charge in [-0.2, -0.15) is 5.10 Å². The molecule has 154 valence electrons. The number of aromatic nitrogens is 3. The Hall–Kier alpha value is -3.74. The van der Waals surface area contributed by atoms with Crippen LogP contribution in [-0.4, -0.2) is 35.9 Å². The number of anilines is 2. The summed E-state index contributed by atoms with van der Waals surface area (Å²) in [6.07, 6.45) is 3.73. The van der Waals surface area contributed by atoms with Gasteiger partial charge in [-0.1, -0.05) is 18.2 Å². The Morgan fingerprint density at radius 1 is 0.867 bits per heavy atom. The lowest BCUT2D eigenvalue weighted by atomic mass is 10.0. The van der Waals surface area contributed by atoms with Crippen LogP contribution in [0.5, 0.6) is 17.2 Å². The van der Waals surface area contributed by atoms with E-state index >= 15 is 0 Å². The first kappa shape index (κ1) is 19.6. The normalized spacial score (nSPS) is 10.8. The summed E-state index contributed by atoms with van der Waals surface area (Å²) < 4.78 is 18.0. The van der Waals surface area contributed by atoms with E-state index in [0.717, 1.165) is 22.5 Å². The van der Waals surface area contributed by atoms with Crippen LogP contribution in [0.25, 0.3) is 16.8 Å². The Morgan fingerprint density at radius 3 is 2.23 bits per heavy atom. The zero-order valence-corrected chi connectivity index (χ0v) is 17.7. The topological polar surface area (TPSA) is 69.9 Å². The molecule has 1 N–H and O–H groups in total. The highest BCUT2D eigenvalue weighted by molar-refractivity contribution is 5.79. The molecule has 0 aliphatic heterocycles. The number of hydrogen-bond donors (Lipinski definition) is 1. The molecule has 0 aliphatic carbocycles. The molecule has 0 atom stereocenters. The van der Waals surface area contributed by atoms with Crippen LogP contribution in [-0.2, 0) is 0 Å². The highest BCUT2D eigenvalue weighted by atomic mass is 16.5. The number of ether oxygens (including phenoxy) is 3. The van der Waals surface area contributed by atoms with Gasteiger partial charge >= 0.3 is 0 Å². The maximum Gasteiger partial charge on any atom is 0.203 e. The SMILES string of the molecule is COc1cc(Nc2ccn3ncc(-c4ccc(C)c(C)c4)c3n2)cc(OC)c1OC. The van der Waals surface area contributed by atoms with Gasteiger partial charge in [0.25, 0.3) is 0 Å². The first-order chi connectivity index (χ1) is 14.5. The fourth-order valence-electron chi connectivity index (χ4n) is 3.35. The molecule has 2 aromatic heterocycles. The summed E-state index contributed by atoms with van der Waals surface area (Å²) in [5.41, 5.74) is 6.10. The van der Waals surface area contributed by atoms with Gasteiger partial charge in [0.15, 0.2) is 17.1 Å². The Labute approximate surface area is 175 Å². The first-order valence-corrected chi connectivity index (χ1v) is 9.53. The van der Waals surface area contributed by atoms with Crippen molar-refractivity contribution >= 4 is 17.2 Å². The molecule has 0 bridgehead atoms. The molecule has 7 heteroatoms. The van der Waals surface area contributed by atoms with Crippen LogP contribution in [0.4, 0.5) is 11.5 Å². The Kier molecular flexibility index (Phi) is 5.18. The van der Waals surface area contributed by atoms with Gasteiger partial charge in [-0.3, -0.25) is 0 Å². The molecule has 0 aliphatic rings. The Morgan fingerprint density at radius 2 is 1.60 bits per heavy atom. The molecule has 4 aromatic rings. The third-order valence-electron chi connectivity index (χ3n) is 5.12. The number of nitrogens with one attached hydrogen (secondary N) is 1. The average Bonchev–Trinajstić information content (AvgIpc) is 3.18. The van der Waals surface area contributed by atoms with Gasteiger partial charge in [0.1, 0.15) is 5.82 Å². The predicted octanol–water partition coefficient (Wildman–Crippen LogP) is 4.78. The van der Waals surface area contributed by atoms with E-state index in [4.69, 9.17) is 19.2 Å². The third kappa shape index (κ3) is 3.50. The number of nitrogens with zero attached hydrogens (tertiary/aromatic N) is 3. The van der Waals surface area contributed by atoms with Crippen LogP contribution in [0.2, 0.25) is 0 Å². The molecule has 0 amide bonds. The van der Waals surface area contributed by atoms with Crippen LogP contribution < -0.4 is 19.5 Å². The number of rotatable bonds is 6. The predicted molar refractivity (Wildman–Crippen MR) is 117 cm³/mol. The molecule has 2 heterocycles. The summed E-state index contributed by atoms with van der Waals surface area (Å²) in [5.74, 6) is 2.37. The van der Waals surface area contributed by atoms with E-state index < -0.39 is 0 Å². The van der Waals surface area contributed by atoms with Gasteiger partial charge in [-0.25, -0.2) is 9.50 Å². The summed E-state index contributed by atoms with van der Waals surface area (Å²) in [4.78, 5) is 4.79. The van der Waals surface area contributed by atoms with Crippen LogP contribution in [0.1, 0.15) is 11.1 Å². The molecule has 30 heavy (non-hydrogen) atoms. The molecule has 0 saturated heterocycles. The number of fused-ring (bicyclic) bond motifs is 1. The molecule has 0 spiro atoms. The molecule has 0 unspecified atom stereocenters. The number of methoxy groups -OCH3 is 3. The molecular formula is C23H24N4O3. The van der Waals surface area contributed by atoms with E-state index in [-0.39, 0.29) is 0 Å². The van der Waals surface area contributed by atoms with Crippen LogP contribution in [0, 0.1) is 13.8 Å². The van der Waals surface area contributed by atoms with Gasteiger partial charge in [0, 0.05) is 29.6 Å². The second kappa shape index (κ2) is 7.94.